The number of hydrogen-bond acceptors (Lipinski definition) is 9. The predicted octanol–water partition coefficient (Wildman–Crippen LogP) is 5.70. The second-order valence-corrected chi connectivity index (χ2v) is 10.7. The Hall–Kier alpha value is -3.14. The molecule has 226 valence electrons. The number of hydrogen-bond donors (Lipinski definition) is 2. The summed E-state index contributed by atoms with van der Waals surface area (Å²) in [4.78, 5) is 49.4. The van der Waals surface area contributed by atoms with E-state index in [-0.39, 0.29) is 36.5 Å². The summed E-state index contributed by atoms with van der Waals surface area (Å²) in [5, 5.41) is 9.73. The minimum absolute atomic E-state index is 0.00817. The molecule has 3 N–H and O–H groups in total. The van der Waals surface area contributed by atoms with Crippen LogP contribution in [0.2, 0.25) is 0 Å². The molecular formula is C30H47NO9. The van der Waals surface area contributed by atoms with Gasteiger partial charge in [-0.1, -0.05) is 73.8 Å². The number of benzene rings is 1. The van der Waals surface area contributed by atoms with Crippen LogP contribution < -0.4 is 15.2 Å². The number of carbonyl (C=O) groups excluding carboxylic acids is 3. The summed E-state index contributed by atoms with van der Waals surface area (Å²) in [6, 6.07) is 3.14. The van der Waals surface area contributed by atoms with Crippen molar-refractivity contribution in [1.82, 2.24) is 0 Å². The molecule has 5 unspecified atom stereocenters. The van der Waals surface area contributed by atoms with E-state index in [0.29, 0.717) is 18.4 Å². The first-order chi connectivity index (χ1) is 18.9. The third kappa shape index (κ3) is 11.2. The van der Waals surface area contributed by atoms with Gasteiger partial charge in [-0.2, -0.15) is 0 Å². The van der Waals surface area contributed by atoms with Crippen molar-refractivity contribution >= 4 is 24.1 Å². The highest BCUT2D eigenvalue weighted by molar-refractivity contribution is 5.79. The number of carboxylic acid groups (broad SMARTS) is 1. The van der Waals surface area contributed by atoms with Gasteiger partial charge in [0.1, 0.15) is 6.04 Å². The average molecular weight is 566 g/mol. The van der Waals surface area contributed by atoms with Crippen molar-refractivity contribution in [2.75, 3.05) is 13.2 Å². The fourth-order valence-electron chi connectivity index (χ4n) is 4.13. The zero-order chi connectivity index (χ0) is 30.4. The number of carbonyl (C=O) groups is 4. The van der Waals surface area contributed by atoms with Crippen LogP contribution >= 0.6 is 0 Å². The van der Waals surface area contributed by atoms with Gasteiger partial charge in [-0.05, 0) is 42.4 Å². The molecule has 0 radical (unpaired) electrons. The number of nitrogens with two attached hydrogens (primary N) is 1. The lowest BCUT2D eigenvalue weighted by atomic mass is 9.82. The molecule has 10 nitrogen and oxygen atoms in total. The van der Waals surface area contributed by atoms with Crippen molar-refractivity contribution < 1.29 is 43.2 Å². The second kappa shape index (κ2) is 17.5. The van der Waals surface area contributed by atoms with Crippen molar-refractivity contribution in [2.45, 2.75) is 92.5 Å². The molecule has 0 bridgehead atoms. The van der Waals surface area contributed by atoms with Crippen LogP contribution in [0, 0.1) is 23.7 Å². The molecule has 1 rings (SSSR count). The smallest absolute Gasteiger partial charge is 0.480 e. The summed E-state index contributed by atoms with van der Waals surface area (Å²) in [5.74, 6) is -4.16. The Kier molecular flexibility index (Phi) is 15.3. The lowest BCUT2D eigenvalue weighted by Crippen LogP contribution is -2.40. The number of ether oxygens (including phenoxy) is 4. The second-order valence-electron chi connectivity index (χ2n) is 10.7. The van der Waals surface area contributed by atoms with E-state index in [2.05, 4.69) is 0 Å². The molecule has 0 aliphatic carbocycles. The van der Waals surface area contributed by atoms with Crippen molar-refractivity contribution in [3.8, 4) is 11.5 Å². The fraction of sp³-hybridized carbons (Fsp3) is 0.667. The zero-order valence-electron chi connectivity index (χ0n) is 24.9. The average Bonchev–Trinajstić information content (AvgIpc) is 2.91. The maximum absolute atomic E-state index is 12.8. The highest BCUT2D eigenvalue weighted by Crippen LogP contribution is 2.36. The summed E-state index contributed by atoms with van der Waals surface area (Å²) in [6.07, 6.45) is 2.80. The number of rotatable bonds is 17. The van der Waals surface area contributed by atoms with Crippen molar-refractivity contribution in [3.63, 3.8) is 0 Å². The molecule has 0 amide bonds. The molecule has 0 aromatic heterocycles. The molecular weight excluding hydrogens is 518 g/mol. The van der Waals surface area contributed by atoms with Gasteiger partial charge in [-0.3, -0.25) is 14.4 Å². The van der Waals surface area contributed by atoms with Crippen molar-refractivity contribution in [1.29, 1.82) is 0 Å². The Labute approximate surface area is 237 Å². The van der Waals surface area contributed by atoms with Crippen molar-refractivity contribution in [2.24, 2.45) is 29.4 Å². The Balaban J connectivity index is 3.33. The topological polar surface area (TPSA) is 151 Å². The Morgan fingerprint density at radius 1 is 0.825 bits per heavy atom. The van der Waals surface area contributed by atoms with Gasteiger partial charge < -0.3 is 29.8 Å². The standard InChI is InChI=1S/C30H47NO9/c1-8-11-19(5)28(34)39-23-14-13-22(15-24(23)40-29(35)20(6)12-9-2)25(26(31)27(32)33)21(7)17-38-30(36)37-16-18(4)10-3/h13-15,18-21,25-26H,8-12,16-17,31H2,1-7H3,(H,32,33)/t18?,19?,20?,21?,25?,26-/m0/s1. The van der Waals surface area contributed by atoms with Crippen LogP contribution in [0.4, 0.5) is 4.79 Å². The molecule has 0 spiro atoms. The minimum Gasteiger partial charge on any atom is -0.480 e. The van der Waals surface area contributed by atoms with Crippen LogP contribution in [0.5, 0.6) is 11.5 Å². The van der Waals surface area contributed by atoms with Gasteiger partial charge >= 0.3 is 24.1 Å². The number of aliphatic carboxylic acids is 1. The van der Waals surface area contributed by atoms with Crippen molar-refractivity contribution in [3.05, 3.63) is 23.8 Å². The molecule has 10 heteroatoms. The minimum atomic E-state index is -1.37. The maximum Gasteiger partial charge on any atom is 0.508 e. The van der Waals surface area contributed by atoms with E-state index in [4.69, 9.17) is 24.7 Å². The van der Waals surface area contributed by atoms with E-state index >= 15 is 0 Å². The van der Waals surface area contributed by atoms with Gasteiger partial charge in [0.2, 0.25) is 0 Å². The van der Waals surface area contributed by atoms with E-state index in [9.17, 15) is 24.3 Å². The molecule has 40 heavy (non-hydrogen) atoms. The van der Waals surface area contributed by atoms with Crippen LogP contribution in [-0.4, -0.2) is 48.4 Å². The van der Waals surface area contributed by atoms with Gasteiger partial charge in [0, 0.05) is 5.92 Å². The summed E-state index contributed by atoms with van der Waals surface area (Å²) in [6.45, 7) is 13.1. The first-order valence-corrected chi connectivity index (χ1v) is 14.2. The third-order valence-electron chi connectivity index (χ3n) is 6.95. The lowest BCUT2D eigenvalue weighted by molar-refractivity contribution is -0.141. The first kappa shape index (κ1) is 34.9. The number of carboxylic acids is 1. The summed E-state index contributed by atoms with van der Waals surface area (Å²) in [5.41, 5.74) is 6.51. The number of esters is 2. The summed E-state index contributed by atoms with van der Waals surface area (Å²) >= 11 is 0. The van der Waals surface area contributed by atoms with E-state index in [1.54, 1.807) is 26.8 Å². The molecule has 1 aromatic carbocycles. The largest absolute Gasteiger partial charge is 0.508 e. The van der Waals surface area contributed by atoms with E-state index in [1.807, 2.05) is 27.7 Å². The molecule has 0 aliphatic heterocycles. The SMILES string of the molecule is CCCC(C)C(=O)Oc1ccc(C(C(C)COC(=O)OCC(C)CC)[C@H](N)C(=O)O)cc1OC(=O)C(C)CCC. The van der Waals surface area contributed by atoms with E-state index in [1.165, 1.54) is 12.1 Å². The zero-order valence-corrected chi connectivity index (χ0v) is 24.9. The Morgan fingerprint density at radius 2 is 1.35 bits per heavy atom. The summed E-state index contributed by atoms with van der Waals surface area (Å²) < 4.78 is 21.6. The van der Waals surface area contributed by atoms with Gasteiger partial charge in [0.15, 0.2) is 11.5 Å². The Bertz CT molecular complexity index is 980. The maximum atomic E-state index is 12.8. The Morgan fingerprint density at radius 3 is 1.85 bits per heavy atom. The fourth-order valence-corrected chi connectivity index (χ4v) is 4.13. The lowest BCUT2D eigenvalue weighted by Gasteiger charge is -2.28. The van der Waals surface area contributed by atoms with Crippen LogP contribution in [-0.2, 0) is 23.9 Å². The molecule has 0 saturated carbocycles. The normalized spacial score (nSPS) is 15.6. The molecule has 0 fully saturated rings. The predicted molar refractivity (Wildman–Crippen MR) is 150 cm³/mol. The monoisotopic (exact) mass is 565 g/mol. The van der Waals surface area contributed by atoms with Crippen LogP contribution in [0.1, 0.15) is 92.1 Å². The molecule has 0 aliphatic rings. The molecule has 1 aromatic rings. The summed E-state index contributed by atoms with van der Waals surface area (Å²) in [7, 11) is 0. The highest BCUT2D eigenvalue weighted by Gasteiger charge is 2.33. The van der Waals surface area contributed by atoms with Crippen LogP contribution in [0.3, 0.4) is 0 Å². The first-order valence-electron chi connectivity index (χ1n) is 14.2. The highest BCUT2D eigenvalue weighted by atomic mass is 16.7. The van der Waals surface area contributed by atoms with E-state index < -0.39 is 47.9 Å². The van der Waals surface area contributed by atoms with Crippen LogP contribution in [0.25, 0.3) is 0 Å². The third-order valence-corrected chi connectivity index (χ3v) is 6.95. The van der Waals surface area contributed by atoms with Gasteiger partial charge in [-0.15, -0.1) is 0 Å². The van der Waals surface area contributed by atoms with E-state index in [0.717, 1.165) is 19.3 Å². The molecule has 0 heterocycles. The van der Waals surface area contributed by atoms with Gasteiger partial charge in [-0.25, -0.2) is 4.79 Å². The quantitative estimate of drug-likeness (QED) is 0.178. The molecule has 6 atom stereocenters. The molecule has 0 saturated heterocycles. The van der Waals surface area contributed by atoms with Crippen LogP contribution in [0.15, 0.2) is 18.2 Å². The van der Waals surface area contributed by atoms with Gasteiger partial charge in [0.25, 0.3) is 0 Å². The van der Waals surface area contributed by atoms with Gasteiger partial charge in [0.05, 0.1) is 25.0 Å².